The van der Waals surface area contributed by atoms with Gasteiger partial charge in [-0.25, -0.2) is 0 Å². The average Bonchev–Trinajstić information content (AvgIpc) is 2.77. The number of hydrogen-bond acceptors (Lipinski definition) is 2. The van der Waals surface area contributed by atoms with Crippen LogP contribution in [0.3, 0.4) is 0 Å². The molecular formula is C18H15NO2. The number of nitrogens with one attached hydrogen (secondary N) is 1. The topological polar surface area (TPSA) is 46.2 Å². The molecule has 3 rings (SSSR count). The van der Waals surface area contributed by atoms with Crippen LogP contribution in [0.5, 0.6) is 0 Å². The van der Waals surface area contributed by atoms with Crippen LogP contribution >= 0.6 is 0 Å². The highest BCUT2D eigenvalue weighted by Crippen LogP contribution is 2.36. The lowest BCUT2D eigenvalue weighted by molar-refractivity contribution is -0.118. The molecular weight excluding hydrogens is 262 g/mol. The van der Waals surface area contributed by atoms with E-state index in [2.05, 4.69) is 5.32 Å². The van der Waals surface area contributed by atoms with Crippen LogP contribution in [0.15, 0.2) is 48.5 Å². The van der Waals surface area contributed by atoms with Crippen molar-refractivity contribution in [2.75, 3.05) is 6.54 Å². The standard InChI is InChI=1S/C18H15NO2/c1-12(20)19-10-4-5-13-8-9-15-14-6-2-3-7-16(14)18(21)17(15)11-13/h2-9,11H,10H2,1H3,(H,19,20). The van der Waals surface area contributed by atoms with Crippen LogP contribution in [0.4, 0.5) is 0 Å². The molecule has 0 atom stereocenters. The summed E-state index contributed by atoms with van der Waals surface area (Å²) in [5, 5.41) is 2.70. The normalized spacial score (nSPS) is 12.3. The molecule has 0 saturated heterocycles. The summed E-state index contributed by atoms with van der Waals surface area (Å²) in [4.78, 5) is 23.2. The van der Waals surface area contributed by atoms with E-state index in [9.17, 15) is 9.59 Å². The van der Waals surface area contributed by atoms with E-state index in [-0.39, 0.29) is 11.7 Å². The van der Waals surface area contributed by atoms with Gasteiger partial charge in [-0.15, -0.1) is 0 Å². The van der Waals surface area contributed by atoms with Crippen LogP contribution in [0.1, 0.15) is 28.4 Å². The van der Waals surface area contributed by atoms with E-state index in [0.29, 0.717) is 6.54 Å². The Kier molecular flexibility index (Phi) is 3.40. The van der Waals surface area contributed by atoms with E-state index < -0.39 is 0 Å². The third-order valence-electron chi connectivity index (χ3n) is 3.53. The second kappa shape index (κ2) is 5.37. The summed E-state index contributed by atoms with van der Waals surface area (Å²) in [5.41, 5.74) is 4.48. The van der Waals surface area contributed by atoms with Gasteiger partial charge in [-0.05, 0) is 22.8 Å². The van der Waals surface area contributed by atoms with Gasteiger partial charge in [-0.2, -0.15) is 0 Å². The van der Waals surface area contributed by atoms with Crippen molar-refractivity contribution < 1.29 is 9.59 Å². The van der Waals surface area contributed by atoms with Gasteiger partial charge in [0.1, 0.15) is 0 Å². The predicted molar refractivity (Wildman–Crippen MR) is 83.0 cm³/mol. The molecule has 21 heavy (non-hydrogen) atoms. The van der Waals surface area contributed by atoms with Gasteiger partial charge in [0, 0.05) is 24.6 Å². The fourth-order valence-corrected chi connectivity index (χ4v) is 2.55. The van der Waals surface area contributed by atoms with Crippen LogP contribution in [-0.4, -0.2) is 18.2 Å². The lowest BCUT2D eigenvalue weighted by Crippen LogP contribution is -2.19. The Bertz CT molecular complexity index is 760. The average molecular weight is 277 g/mol. The molecule has 0 saturated carbocycles. The molecule has 104 valence electrons. The van der Waals surface area contributed by atoms with Gasteiger partial charge < -0.3 is 5.32 Å². The SMILES string of the molecule is CC(=O)NCC=Cc1ccc2c(c1)C(=O)c1ccccc1-2. The smallest absolute Gasteiger partial charge is 0.217 e. The van der Waals surface area contributed by atoms with E-state index in [0.717, 1.165) is 27.8 Å². The van der Waals surface area contributed by atoms with E-state index >= 15 is 0 Å². The Morgan fingerprint density at radius 2 is 1.76 bits per heavy atom. The molecule has 0 fully saturated rings. The van der Waals surface area contributed by atoms with Gasteiger partial charge in [0.15, 0.2) is 5.78 Å². The van der Waals surface area contributed by atoms with Gasteiger partial charge in [0.2, 0.25) is 5.91 Å². The number of fused-ring (bicyclic) bond motifs is 3. The van der Waals surface area contributed by atoms with Gasteiger partial charge in [-0.3, -0.25) is 9.59 Å². The third-order valence-corrected chi connectivity index (χ3v) is 3.53. The summed E-state index contributed by atoms with van der Waals surface area (Å²) in [6.07, 6.45) is 3.78. The minimum absolute atomic E-state index is 0.0563. The first-order chi connectivity index (χ1) is 10.2. The van der Waals surface area contributed by atoms with Gasteiger partial charge in [0.05, 0.1) is 0 Å². The van der Waals surface area contributed by atoms with Crippen molar-refractivity contribution in [1.29, 1.82) is 0 Å². The first kappa shape index (κ1) is 13.3. The molecule has 1 aliphatic carbocycles. The molecule has 3 nitrogen and oxygen atoms in total. The van der Waals surface area contributed by atoms with E-state index in [1.807, 2.05) is 54.6 Å². The van der Waals surface area contributed by atoms with Crippen molar-refractivity contribution in [3.8, 4) is 11.1 Å². The zero-order valence-corrected chi connectivity index (χ0v) is 11.7. The van der Waals surface area contributed by atoms with E-state index in [1.54, 1.807) is 0 Å². The Hall–Kier alpha value is -2.68. The fraction of sp³-hybridized carbons (Fsp3) is 0.111. The molecule has 3 heteroatoms. The molecule has 0 unspecified atom stereocenters. The Morgan fingerprint density at radius 3 is 2.52 bits per heavy atom. The van der Waals surface area contributed by atoms with E-state index in [4.69, 9.17) is 0 Å². The largest absolute Gasteiger partial charge is 0.353 e. The molecule has 0 aromatic heterocycles. The summed E-state index contributed by atoms with van der Waals surface area (Å²) in [6.45, 7) is 1.97. The molecule has 0 radical (unpaired) electrons. The maximum absolute atomic E-state index is 12.4. The molecule has 2 aromatic rings. The quantitative estimate of drug-likeness (QED) is 0.799. The lowest BCUT2D eigenvalue weighted by Gasteiger charge is -2.01. The minimum atomic E-state index is -0.0563. The second-order valence-corrected chi connectivity index (χ2v) is 5.02. The number of ketones is 1. The van der Waals surface area contributed by atoms with Crippen molar-refractivity contribution in [2.24, 2.45) is 0 Å². The molecule has 0 heterocycles. The van der Waals surface area contributed by atoms with Crippen LogP contribution in [0, 0.1) is 0 Å². The molecule has 1 aliphatic rings. The van der Waals surface area contributed by atoms with Crippen molar-refractivity contribution in [3.63, 3.8) is 0 Å². The van der Waals surface area contributed by atoms with Crippen molar-refractivity contribution in [1.82, 2.24) is 5.32 Å². The van der Waals surface area contributed by atoms with Gasteiger partial charge >= 0.3 is 0 Å². The number of benzene rings is 2. The zero-order chi connectivity index (χ0) is 14.8. The highest BCUT2D eigenvalue weighted by atomic mass is 16.1. The first-order valence-corrected chi connectivity index (χ1v) is 6.86. The lowest BCUT2D eigenvalue weighted by atomic mass is 10.0. The number of carbonyl (C=O) groups excluding carboxylic acids is 2. The van der Waals surface area contributed by atoms with Crippen molar-refractivity contribution in [2.45, 2.75) is 6.92 Å². The molecule has 2 aromatic carbocycles. The summed E-state index contributed by atoms with van der Waals surface area (Å²) >= 11 is 0. The maximum Gasteiger partial charge on any atom is 0.217 e. The van der Waals surface area contributed by atoms with Crippen LogP contribution < -0.4 is 5.32 Å². The van der Waals surface area contributed by atoms with Gasteiger partial charge in [0.25, 0.3) is 0 Å². The molecule has 0 aliphatic heterocycles. The minimum Gasteiger partial charge on any atom is -0.353 e. The summed E-state index contributed by atoms with van der Waals surface area (Å²) in [5.74, 6) is 0.0249. The number of hydrogen-bond donors (Lipinski definition) is 1. The van der Waals surface area contributed by atoms with Crippen molar-refractivity contribution in [3.05, 3.63) is 65.2 Å². The summed E-state index contributed by atoms with van der Waals surface area (Å²) < 4.78 is 0. The van der Waals surface area contributed by atoms with Crippen LogP contribution in [0.25, 0.3) is 17.2 Å². The second-order valence-electron chi connectivity index (χ2n) is 5.02. The Labute approximate surface area is 123 Å². The first-order valence-electron chi connectivity index (χ1n) is 6.86. The van der Waals surface area contributed by atoms with E-state index in [1.165, 1.54) is 6.92 Å². The summed E-state index contributed by atoms with van der Waals surface area (Å²) in [6, 6.07) is 13.5. The fourth-order valence-electron chi connectivity index (χ4n) is 2.55. The Balaban J connectivity index is 1.87. The number of carbonyl (C=O) groups is 2. The van der Waals surface area contributed by atoms with Crippen LogP contribution in [-0.2, 0) is 4.79 Å². The highest BCUT2D eigenvalue weighted by Gasteiger charge is 2.25. The van der Waals surface area contributed by atoms with Crippen LogP contribution in [0.2, 0.25) is 0 Å². The molecule has 1 amide bonds. The maximum atomic E-state index is 12.4. The zero-order valence-electron chi connectivity index (χ0n) is 11.7. The number of amides is 1. The highest BCUT2D eigenvalue weighted by molar-refractivity contribution is 6.21. The van der Waals surface area contributed by atoms with Gasteiger partial charge in [-0.1, -0.05) is 48.6 Å². The summed E-state index contributed by atoms with van der Waals surface area (Å²) in [7, 11) is 0. The van der Waals surface area contributed by atoms with Crippen molar-refractivity contribution >= 4 is 17.8 Å². The molecule has 1 N–H and O–H groups in total. The third kappa shape index (κ3) is 2.50. The predicted octanol–water partition coefficient (Wildman–Crippen LogP) is 3.05. The number of rotatable bonds is 3. The molecule has 0 bridgehead atoms. The Morgan fingerprint density at radius 1 is 1.05 bits per heavy atom. The molecule has 0 spiro atoms. The monoisotopic (exact) mass is 277 g/mol.